The Hall–Kier alpha value is -5.80. The zero-order chi connectivity index (χ0) is 44.4. The lowest BCUT2D eigenvalue weighted by molar-refractivity contribution is -0.330. The highest BCUT2D eigenvalue weighted by molar-refractivity contribution is 5.89. The molecule has 0 spiro atoms. The number of carbonyl (C=O) groups excluding carboxylic acids is 2. The Morgan fingerprint density at radius 2 is 1.14 bits per heavy atom. The molecule has 0 unspecified atom stereocenters. The van der Waals surface area contributed by atoms with Gasteiger partial charge in [0, 0.05) is 6.92 Å². The molecule has 1 N–H and O–H groups in total. The van der Waals surface area contributed by atoms with Crippen LogP contribution in [0.2, 0.25) is 0 Å². The summed E-state index contributed by atoms with van der Waals surface area (Å²) in [7, 11) is 0. The molecule has 6 aromatic rings. The van der Waals surface area contributed by atoms with E-state index in [4.69, 9.17) is 42.6 Å². The Morgan fingerprint density at radius 3 is 1.80 bits per heavy atom. The summed E-state index contributed by atoms with van der Waals surface area (Å²) in [6.45, 7) is 2.58. The van der Waals surface area contributed by atoms with Crippen LogP contribution in [-0.4, -0.2) is 86.4 Å². The van der Waals surface area contributed by atoms with E-state index in [1.54, 1.807) is 24.3 Å². The van der Waals surface area contributed by atoms with Gasteiger partial charge in [0.05, 0.1) is 45.2 Å². The zero-order valence-electron chi connectivity index (χ0n) is 36.1. The largest absolute Gasteiger partial charge is 0.450 e. The summed E-state index contributed by atoms with van der Waals surface area (Å²) in [6.07, 6.45) is -7.91. The number of rotatable bonds is 18. The van der Waals surface area contributed by atoms with E-state index in [2.05, 4.69) is 29.6 Å². The molecule has 0 radical (unpaired) electrons. The third-order valence-electron chi connectivity index (χ3n) is 11.8. The predicted octanol–water partition coefficient (Wildman–Crippen LogP) is 7.71. The van der Waals surface area contributed by atoms with Crippen LogP contribution < -0.4 is 5.32 Å². The second kappa shape index (κ2) is 21.5. The smallest absolute Gasteiger partial charge is 0.338 e. The molecule has 3 aliphatic rings. The summed E-state index contributed by atoms with van der Waals surface area (Å²) in [4.78, 5) is 27.0. The van der Waals surface area contributed by atoms with Crippen LogP contribution in [-0.2, 0) is 73.9 Å². The number of hydrogen-bond acceptors (Lipinski definition) is 11. The van der Waals surface area contributed by atoms with E-state index in [1.165, 1.54) is 6.92 Å². The highest BCUT2D eigenvalue weighted by Crippen LogP contribution is 2.38. The van der Waals surface area contributed by atoms with E-state index in [-0.39, 0.29) is 38.9 Å². The molecule has 3 saturated heterocycles. The molecule has 2 bridgehead atoms. The first-order valence-corrected chi connectivity index (χ1v) is 22.1. The fraction of sp³-hybridized carbons (Fsp3) is 0.321. The third kappa shape index (κ3) is 11.2. The summed E-state index contributed by atoms with van der Waals surface area (Å²) in [5, 5.41) is 5.31. The second-order valence-electron chi connectivity index (χ2n) is 16.5. The van der Waals surface area contributed by atoms with Gasteiger partial charge >= 0.3 is 5.97 Å². The molecule has 12 heteroatoms. The number of carbonyl (C=O) groups is 2. The average molecular weight is 880 g/mol. The normalized spacial score (nSPS) is 26.1. The monoisotopic (exact) mass is 879 g/mol. The maximum Gasteiger partial charge on any atom is 0.338 e. The number of esters is 1. The molecule has 3 aliphatic heterocycles. The molecule has 65 heavy (non-hydrogen) atoms. The maximum absolute atomic E-state index is 13.7. The van der Waals surface area contributed by atoms with Gasteiger partial charge in [-0.15, -0.1) is 0 Å². The molecule has 3 heterocycles. The quantitative estimate of drug-likeness (QED) is 0.0853. The van der Waals surface area contributed by atoms with Crippen molar-refractivity contribution in [2.45, 2.75) is 94.7 Å². The molecule has 10 atom stereocenters. The lowest BCUT2D eigenvalue weighted by atomic mass is 9.94. The van der Waals surface area contributed by atoms with Gasteiger partial charge in [-0.25, -0.2) is 4.79 Å². The lowest BCUT2D eigenvalue weighted by Crippen LogP contribution is -2.68. The van der Waals surface area contributed by atoms with E-state index in [0.717, 1.165) is 33.0 Å². The van der Waals surface area contributed by atoms with Gasteiger partial charge in [0.2, 0.25) is 5.91 Å². The lowest BCUT2D eigenvalue weighted by Gasteiger charge is -2.48. The van der Waals surface area contributed by atoms with Crippen LogP contribution in [0.5, 0.6) is 0 Å². The van der Waals surface area contributed by atoms with Gasteiger partial charge < -0.3 is 47.9 Å². The summed E-state index contributed by atoms with van der Waals surface area (Å²) < 4.78 is 59.6. The van der Waals surface area contributed by atoms with Crippen molar-refractivity contribution in [1.29, 1.82) is 0 Å². The van der Waals surface area contributed by atoms with Crippen molar-refractivity contribution in [3.8, 4) is 0 Å². The van der Waals surface area contributed by atoms with Crippen LogP contribution in [0.4, 0.5) is 0 Å². The first-order chi connectivity index (χ1) is 31.9. The van der Waals surface area contributed by atoms with Crippen LogP contribution in [0.1, 0.15) is 39.5 Å². The Morgan fingerprint density at radius 1 is 0.569 bits per heavy atom. The first kappa shape index (κ1) is 44.4. The SMILES string of the molecule is CC(=O)N[C@H]1[C@@H](O[C@H]2[C@H](OCc3ccccc3)[C@@H](OC(=O)c3ccccc3)[C@H]3OC[C@@H]2O3)O[C@H](COCc2ccccc2)[C@@H](OCc2ccc3ccccc3c2)[C@@H]1OCc1ccccc1. The molecule has 9 rings (SSSR count). The fourth-order valence-corrected chi connectivity index (χ4v) is 8.60. The van der Waals surface area contributed by atoms with Crippen molar-refractivity contribution in [2.24, 2.45) is 0 Å². The van der Waals surface area contributed by atoms with Crippen LogP contribution in [0.3, 0.4) is 0 Å². The van der Waals surface area contributed by atoms with Crippen molar-refractivity contribution in [1.82, 2.24) is 5.32 Å². The Bertz CT molecular complexity index is 2440. The standard InChI is InChI=1S/C53H53NO11/c1-35(55)54-45-48(59-30-37-18-8-3-9-19-37)46(58-32-39-26-27-40-22-14-15-25-42(40)28-39)43(33-57-29-36-16-6-2-7-17-36)62-52(45)65-47-44-34-61-53(63-44)50(64-51(56)41-23-12-5-13-24-41)49(47)60-31-38-20-10-4-11-21-38/h2-28,43-50,52-53H,29-34H2,1H3,(H,54,55)/t43-,44+,45-,46-,47-,48-,49+,50-,52-,53+/m1/s1. The van der Waals surface area contributed by atoms with Crippen molar-refractivity contribution < 1.29 is 52.2 Å². The summed E-state index contributed by atoms with van der Waals surface area (Å²) in [6, 6.07) is 51.6. The van der Waals surface area contributed by atoms with Crippen LogP contribution in [0.15, 0.2) is 164 Å². The van der Waals surface area contributed by atoms with Gasteiger partial charge in [-0.1, -0.05) is 146 Å². The number of nitrogens with one attached hydrogen (secondary N) is 1. The molecule has 0 aromatic heterocycles. The summed E-state index contributed by atoms with van der Waals surface area (Å²) >= 11 is 0. The van der Waals surface area contributed by atoms with E-state index in [0.29, 0.717) is 12.2 Å². The van der Waals surface area contributed by atoms with Crippen LogP contribution in [0.25, 0.3) is 10.8 Å². The number of benzene rings is 6. The number of hydrogen-bond donors (Lipinski definition) is 1. The van der Waals surface area contributed by atoms with Crippen LogP contribution in [0, 0.1) is 0 Å². The molecule has 6 aromatic carbocycles. The van der Waals surface area contributed by atoms with Gasteiger partial charge in [-0.3, -0.25) is 4.79 Å². The van der Waals surface area contributed by atoms with Gasteiger partial charge in [-0.2, -0.15) is 0 Å². The van der Waals surface area contributed by atoms with E-state index < -0.39 is 67.3 Å². The number of fused-ring (bicyclic) bond motifs is 3. The second-order valence-corrected chi connectivity index (χ2v) is 16.5. The summed E-state index contributed by atoms with van der Waals surface area (Å²) in [5.74, 6) is -0.898. The Balaban J connectivity index is 1.06. The van der Waals surface area contributed by atoms with Crippen molar-refractivity contribution in [3.63, 3.8) is 0 Å². The molecule has 1 amide bonds. The van der Waals surface area contributed by atoms with E-state index >= 15 is 0 Å². The van der Waals surface area contributed by atoms with Crippen molar-refractivity contribution in [2.75, 3.05) is 13.2 Å². The topological polar surface area (TPSA) is 129 Å². The van der Waals surface area contributed by atoms with Gasteiger partial charge in [-0.05, 0) is 51.2 Å². The Kier molecular flexibility index (Phi) is 14.7. The minimum Gasteiger partial charge on any atom is -0.450 e. The van der Waals surface area contributed by atoms with E-state index in [9.17, 15) is 9.59 Å². The zero-order valence-corrected chi connectivity index (χ0v) is 36.1. The molecule has 0 saturated carbocycles. The highest BCUT2D eigenvalue weighted by atomic mass is 16.8. The Labute approximate surface area is 378 Å². The first-order valence-electron chi connectivity index (χ1n) is 22.1. The molecule has 0 aliphatic carbocycles. The van der Waals surface area contributed by atoms with Crippen molar-refractivity contribution >= 4 is 22.6 Å². The number of ether oxygens (including phenoxy) is 9. The molecular weight excluding hydrogens is 827 g/mol. The maximum atomic E-state index is 13.7. The highest BCUT2D eigenvalue weighted by Gasteiger charge is 2.57. The predicted molar refractivity (Wildman–Crippen MR) is 240 cm³/mol. The van der Waals surface area contributed by atoms with Crippen molar-refractivity contribution in [3.05, 3.63) is 192 Å². The van der Waals surface area contributed by atoms with Gasteiger partial charge in [0.15, 0.2) is 18.7 Å². The molecule has 3 fully saturated rings. The van der Waals surface area contributed by atoms with E-state index in [1.807, 2.05) is 115 Å². The fourth-order valence-electron chi connectivity index (χ4n) is 8.60. The van der Waals surface area contributed by atoms with Crippen LogP contribution >= 0.6 is 0 Å². The van der Waals surface area contributed by atoms with Gasteiger partial charge in [0.25, 0.3) is 0 Å². The molecule has 336 valence electrons. The third-order valence-corrected chi connectivity index (χ3v) is 11.8. The summed E-state index contributed by atoms with van der Waals surface area (Å²) in [5.41, 5.74) is 4.13. The molecule has 12 nitrogen and oxygen atoms in total. The van der Waals surface area contributed by atoms with Gasteiger partial charge in [0.1, 0.15) is 42.7 Å². The number of amides is 1. The minimum atomic E-state index is -1.16. The minimum absolute atomic E-state index is 0.0934. The molecular formula is C53H53NO11. The average Bonchev–Trinajstić information content (AvgIpc) is 3.79.